The van der Waals surface area contributed by atoms with E-state index in [-0.39, 0.29) is 19.1 Å². The van der Waals surface area contributed by atoms with Crippen molar-refractivity contribution in [3.05, 3.63) is 35.9 Å². The van der Waals surface area contributed by atoms with Crippen LogP contribution in [0, 0.1) is 0 Å². The summed E-state index contributed by atoms with van der Waals surface area (Å²) in [5.41, 5.74) is 0.299. The second-order valence-electron chi connectivity index (χ2n) is 4.69. The number of hydrogen-bond acceptors (Lipinski definition) is 3. The summed E-state index contributed by atoms with van der Waals surface area (Å²) < 4.78 is 4.85. The first-order chi connectivity index (χ1) is 8.94. The Hall–Kier alpha value is -1.88. The molecule has 0 unspecified atom stereocenters. The molecule has 0 aliphatic rings. The minimum atomic E-state index is -1.02. The summed E-state index contributed by atoms with van der Waals surface area (Å²) in [4.78, 5) is 22.3. The van der Waals surface area contributed by atoms with Gasteiger partial charge in [-0.05, 0) is 19.4 Å². The molecule has 1 amide bonds. The maximum absolute atomic E-state index is 12.1. The standard InChI is InChI=1S/C14H19NO4/c1-14(2,11-6-4-3-5-7-11)13(18)15-8-9-19-10-12(16)17/h3-7H,8-10H2,1-2H3,(H,15,18)(H,16,17). The average molecular weight is 265 g/mol. The number of hydrogen-bond donors (Lipinski definition) is 2. The topological polar surface area (TPSA) is 75.6 Å². The predicted molar refractivity (Wildman–Crippen MR) is 70.9 cm³/mol. The fourth-order valence-corrected chi connectivity index (χ4v) is 1.60. The van der Waals surface area contributed by atoms with Crippen molar-refractivity contribution < 1.29 is 19.4 Å². The van der Waals surface area contributed by atoms with Crippen LogP contribution in [0.1, 0.15) is 19.4 Å². The Bertz CT molecular complexity index is 428. The molecular formula is C14H19NO4. The van der Waals surface area contributed by atoms with Gasteiger partial charge >= 0.3 is 5.97 Å². The molecule has 0 spiro atoms. The van der Waals surface area contributed by atoms with Gasteiger partial charge in [-0.25, -0.2) is 4.79 Å². The second-order valence-corrected chi connectivity index (χ2v) is 4.69. The number of nitrogens with one attached hydrogen (secondary N) is 1. The lowest BCUT2D eigenvalue weighted by Gasteiger charge is -2.24. The molecular weight excluding hydrogens is 246 g/mol. The zero-order valence-electron chi connectivity index (χ0n) is 11.2. The molecule has 0 saturated heterocycles. The highest BCUT2D eigenvalue weighted by atomic mass is 16.5. The lowest BCUT2D eigenvalue weighted by molar-refractivity contribution is -0.142. The van der Waals surface area contributed by atoms with Gasteiger partial charge in [0.1, 0.15) is 6.61 Å². The molecule has 0 aromatic heterocycles. The van der Waals surface area contributed by atoms with Crippen LogP contribution in [0.3, 0.4) is 0 Å². The van der Waals surface area contributed by atoms with E-state index in [1.807, 2.05) is 44.2 Å². The Morgan fingerprint density at radius 2 is 1.89 bits per heavy atom. The lowest BCUT2D eigenvalue weighted by atomic mass is 9.84. The van der Waals surface area contributed by atoms with Crippen molar-refractivity contribution in [1.82, 2.24) is 5.32 Å². The number of carbonyl (C=O) groups is 2. The normalized spacial score (nSPS) is 11.1. The van der Waals surface area contributed by atoms with E-state index in [2.05, 4.69) is 5.32 Å². The van der Waals surface area contributed by atoms with Crippen LogP contribution in [-0.4, -0.2) is 36.7 Å². The highest BCUT2D eigenvalue weighted by Crippen LogP contribution is 2.22. The smallest absolute Gasteiger partial charge is 0.329 e. The van der Waals surface area contributed by atoms with E-state index < -0.39 is 11.4 Å². The minimum Gasteiger partial charge on any atom is -0.480 e. The first-order valence-electron chi connectivity index (χ1n) is 6.08. The van der Waals surface area contributed by atoms with Gasteiger partial charge < -0.3 is 15.2 Å². The molecule has 0 fully saturated rings. The highest BCUT2D eigenvalue weighted by Gasteiger charge is 2.28. The highest BCUT2D eigenvalue weighted by molar-refractivity contribution is 5.87. The van der Waals surface area contributed by atoms with Crippen LogP contribution in [0.4, 0.5) is 0 Å². The Morgan fingerprint density at radius 1 is 1.26 bits per heavy atom. The summed E-state index contributed by atoms with van der Waals surface area (Å²) in [6.45, 7) is 3.81. The second kappa shape index (κ2) is 6.89. The Labute approximate surface area is 112 Å². The summed E-state index contributed by atoms with van der Waals surface area (Å²) in [6, 6.07) is 9.49. The summed E-state index contributed by atoms with van der Waals surface area (Å²) in [5, 5.41) is 11.1. The van der Waals surface area contributed by atoms with Crippen LogP contribution < -0.4 is 5.32 Å². The molecule has 0 heterocycles. The van der Waals surface area contributed by atoms with Crippen LogP contribution in [0.5, 0.6) is 0 Å². The molecule has 0 aliphatic carbocycles. The Balaban J connectivity index is 2.42. The molecule has 0 saturated carbocycles. The third-order valence-electron chi connectivity index (χ3n) is 2.82. The number of ether oxygens (including phenoxy) is 1. The minimum absolute atomic E-state index is 0.113. The van der Waals surface area contributed by atoms with Crippen LogP contribution in [0.2, 0.25) is 0 Å². The molecule has 104 valence electrons. The van der Waals surface area contributed by atoms with Crippen molar-refractivity contribution in [3.63, 3.8) is 0 Å². The number of aliphatic carboxylic acids is 1. The van der Waals surface area contributed by atoms with E-state index in [4.69, 9.17) is 9.84 Å². The summed E-state index contributed by atoms with van der Waals surface area (Å²) in [6.07, 6.45) is 0. The van der Waals surface area contributed by atoms with E-state index in [1.54, 1.807) is 0 Å². The number of rotatable bonds is 7. The fourth-order valence-electron chi connectivity index (χ4n) is 1.60. The van der Waals surface area contributed by atoms with Gasteiger partial charge in [0.25, 0.3) is 0 Å². The van der Waals surface area contributed by atoms with Gasteiger partial charge in [0.2, 0.25) is 5.91 Å². The summed E-state index contributed by atoms with van der Waals surface area (Å²) in [7, 11) is 0. The first-order valence-corrected chi connectivity index (χ1v) is 6.08. The van der Waals surface area contributed by atoms with E-state index in [0.717, 1.165) is 5.56 Å². The van der Waals surface area contributed by atoms with Crippen LogP contribution in [-0.2, 0) is 19.7 Å². The molecule has 2 N–H and O–H groups in total. The largest absolute Gasteiger partial charge is 0.480 e. The molecule has 0 atom stereocenters. The molecule has 19 heavy (non-hydrogen) atoms. The molecule has 0 aliphatic heterocycles. The Morgan fingerprint density at radius 3 is 2.47 bits per heavy atom. The van der Waals surface area contributed by atoms with Gasteiger partial charge in [-0.15, -0.1) is 0 Å². The van der Waals surface area contributed by atoms with Crippen LogP contribution in [0.15, 0.2) is 30.3 Å². The SMILES string of the molecule is CC(C)(C(=O)NCCOCC(=O)O)c1ccccc1. The molecule has 0 bridgehead atoms. The number of amides is 1. The maximum atomic E-state index is 12.1. The summed E-state index contributed by atoms with van der Waals surface area (Å²) >= 11 is 0. The number of benzene rings is 1. The average Bonchev–Trinajstić information content (AvgIpc) is 2.38. The maximum Gasteiger partial charge on any atom is 0.329 e. The summed E-state index contributed by atoms with van der Waals surface area (Å²) in [5.74, 6) is -1.13. The van der Waals surface area contributed by atoms with Crippen LogP contribution >= 0.6 is 0 Å². The zero-order valence-corrected chi connectivity index (χ0v) is 11.2. The molecule has 0 radical (unpaired) electrons. The molecule has 1 aromatic carbocycles. The van der Waals surface area contributed by atoms with Crippen molar-refractivity contribution in [2.75, 3.05) is 19.8 Å². The zero-order chi connectivity index (χ0) is 14.3. The third kappa shape index (κ3) is 4.71. The van der Waals surface area contributed by atoms with E-state index in [1.165, 1.54) is 0 Å². The molecule has 5 heteroatoms. The van der Waals surface area contributed by atoms with Crippen molar-refractivity contribution in [2.24, 2.45) is 0 Å². The molecule has 1 rings (SSSR count). The third-order valence-corrected chi connectivity index (χ3v) is 2.82. The molecule has 1 aromatic rings. The van der Waals surface area contributed by atoms with Gasteiger partial charge in [-0.2, -0.15) is 0 Å². The first kappa shape index (κ1) is 15.2. The number of carbonyl (C=O) groups excluding carboxylic acids is 1. The van der Waals surface area contributed by atoms with Gasteiger partial charge in [0.05, 0.1) is 12.0 Å². The van der Waals surface area contributed by atoms with Crippen molar-refractivity contribution in [3.8, 4) is 0 Å². The Kier molecular flexibility index (Phi) is 5.51. The van der Waals surface area contributed by atoms with Gasteiger partial charge in [-0.3, -0.25) is 4.79 Å². The number of carboxylic acids is 1. The van der Waals surface area contributed by atoms with Gasteiger partial charge in [0.15, 0.2) is 0 Å². The quantitative estimate of drug-likeness (QED) is 0.726. The van der Waals surface area contributed by atoms with Crippen LogP contribution in [0.25, 0.3) is 0 Å². The van der Waals surface area contributed by atoms with Gasteiger partial charge in [0, 0.05) is 6.54 Å². The lowest BCUT2D eigenvalue weighted by Crippen LogP contribution is -2.41. The van der Waals surface area contributed by atoms with Gasteiger partial charge in [-0.1, -0.05) is 30.3 Å². The van der Waals surface area contributed by atoms with E-state index in [0.29, 0.717) is 6.54 Å². The van der Waals surface area contributed by atoms with E-state index in [9.17, 15) is 9.59 Å². The number of carboxylic acid groups (broad SMARTS) is 1. The van der Waals surface area contributed by atoms with Crippen molar-refractivity contribution in [1.29, 1.82) is 0 Å². The predicted octanol–water partition coefficient (Wildman–Crippen LogP) is 1.18. The molecule has 5 nitrogen and oxygen atoms in total. The van der Waals surface area contributed by atoms with E-state index >= 15 is 0 Å². The fraction of sp³-hybridized carbons (Fsp3) is 0.429. The monoisotopic (exact) mass is 265 g/mol. The van der Waals surface area contributed by atoms with Crippen molar-refractivity contribution >= 4 is 11.9 Å². The van der Waals surface area contributed by atoms with Crippen molar-refractivity contribution in [2.45, 2.75) is 19.3 Å².